The standard InChI is InChI=1S/C8H13BrN2O3/c1-3-4-11-6(13)8(2,9)5(12)10-7(11)14/h6,13H,3-4H2,1-2H3,(H,10,12,14). The molecule has 0 aromatic rings. The molecule has 2 N–H and O–H groups in total. The first-order valence-corrected chi connectivity index (χ1v) is 5.19. The minimum atomic E-state index is -1.13. The summed E-state index contributed by atoms with van der Waals surface area (Å²) in [5.74, 6) is -0.512. The molecule has 80 valence electrons. The van der Waals surface area contributed by atoms with Crippen LogP contribution in [-0.2, 0) is 4.79 Å². The lowest BCUT2D eigenvalue weighted by Crippen LogP contribution is -2.66. The molecule has 1 fully saturated rings. The van der Waals surface area contributed by atoms with Gasteiger partial charge in [0, 0.05) is 6.54 Å². The molecule has 3 amide bonds. The fourth-order valence-electron chi connectivity index (χ4n) is 1.28. The number of carbonyl (C=O) groups is 2. The van der Waals surface area contributed by atoms with E-state index in [0.29, 0.717) is 6.54 Å². The molecule has 0 aliphatic carbocycles. The Morgan fingerprint density at radius 1 is 1.64 bits per heavy atom. The molecular weight excluding hydrogens is 252 g/mol. The lowest BCUT2D eigenvalue weighted by atomic mass is 10.1. The summed E-state index contributed by atoms with van der Waals surface area (Å²) in [5, 5.41) is 11.9. The second-order valence-corrected chi connectivity index (χ2v) is 5.05. The SMILES string of the molecule is CCCN1C(=O)NC(=O)C(C)(Br)C1O. The number of amides is 3. The van der Waals surface area contributed by atoms with Gasteiger partial charge in [-0.3, -0.25) is 15.0 Å². The van der Waals surface area contributed by atoms with Crippen molar-refractivity contribution in [2.75, 3.05) is 6.54 Å². The predicted octanol–water partition coefficient (Wildman–Crippen LogP) is 0.420. The topological polar surface area (TPSA) is 69.6 Å². The van der Waals surface area contributed by atoms with E-state index in [1.54, 1.807) is 0 Å². The Bertz CT molecular complexity index is 267. The molecule has 0 aromatic heterocycles. The Morgan fingerprint density at radius 3 is 2.71 bits per heavy atom. The molecule has 0 bridgehead atoms. The molecule has 0 saturated carbocycles. The summed E-state index contributed by atoms with van der Waals surface area (Å²) in [4.78, 5) is 23.9. The zero-order valence-electron chi connectivity index (χ0n) is 8.08. The van der Waals surface area contributed by atoms with E-state index in [0.717, 1.165) is 6.42 Å². The molecule has 5 nitrogen and oxygen atoms in total. The third-order valence-corrected chi connectivity index (χ3v) is 2.94. The van der Waals surface area contributed by atoms with Crippen molar-refractivity contribution in [3.05, 3.63) is 0 Å². The summed E-state index contributed by atoms with van der Waals surface area (Å²) < 4.78 is -1.13. The van der Waals surface area contributed by atoms with E-state index in [-0.39, 0.29) is 0 Å². The number of halogens is 1. The summed E-state index contributed by atoms with van der Waals surface area (Å²) in [6.45, 7) is 3.84. The van der Waals surface area contributed by atoms with Gasteiger partial charge >= 0.3 is 6.03 Å². The molecule has 2 atom stereocenters. The van der Waals surface area contributed by atoms with Gasteiger partial charge in [0.2, 0.25) is 5.91 Å². The number of aliphatic hydroxyl groups is 1. The Balaban J connectivity index is 2.88. The number of nitrogens with one attached hydrogen (secondary N) is 1. The van der Waals surface area contributed by atoms with Gasteiger partial charge in [-0.1, -0.05) is 22.9 Å². The molecule has 1 heterocycles. The molecule has 1 saturated heterocycles. The Kier molecular flexibility index (Phi) is 3.16. The highest BCUT2D eigenvalue weighted by atomic mass is 79.9. The average Bonchev–Trinajstić information content (AvgIpc) is 2.10. The Labute approximate surface area is 90.6 Å². The highest BCUT2D eigenvalue weighted by Gasteiger charge is 2.48. The number of hydrogen-bond donors (Lipinski definition) is 2. The van der Waals surface area contributed by atoms with E-state index in [1.165, 1.54) is 11.8 Å². The van der Waals surface area contributed by atoms with E-state index < -0.39 is 22.5 Å². The molecule has 14 heavy (non-hydrogen) atoms. The smallest absolute Gasteiger partial charge is 0.326 e. The minimum Gasteiger partial charge on any atom is -0.371 e. The van der Waals surface area contributed by atoms with Gasteiger partial charge in [-0.15, -0.1) is 0 Å². The van der Waals surface area contributed by atoms with Gasteiger partial charge in [-0.05, 0) is 13.3 Å². The second kappa shape index (κ2) is 3.86. The Hall–Kier alpha value is -0.620. The van der Waals surface area contributed by atoms with Gasteiger partial charge in [-0.25, -0.2) is 4.79 Å². The van der Waals surface area contributed by atoms with Gasteiger partial charge in [0.1, 0.15) is 4.32 Å². The molecular formula is C8H13BrN2O3. The van der Waals surface area contributed by atoms with Crippen LogP contribution in [0.5, 0.6) is 0 Å². The van der Waals surface area contributed by atoms with E-state index in [4.69, 9.17) is 0 Å². The van der Waals surface area contributed by atoms with Crippen LogP contribution in [0.1, 0.15) is 20.3 Å². The van der Waals surface area contributed by atoms with E-state index in [1.807, 2.05) is 6.92 Å². The summed E-state index contributed by atoms with van der Waals surface area (Å²) in [5.41, 5.74) is 0. The van der Waals surface area contributed by atoms with Crippen molar-refractivity contribution in [1.29, 1.82) is 0 Å². The maximum Gasteiger partial charge on any atom is 0.326 e. The molecule has 1 aliphatic heterocycles. The molecule has 0 radical (unpaired) electrons. The van der Waals surface area contributed by atoms with E-state index >= 15 is 0 Å². The van der Waals surface area contributed by atoms with Crippen molar-refractivity contribution in [2.24, 2.45) is 0 Å². The van der Waals surface area contributed by atoms with Gasteiger partial charge in [0.15, 0.2) is 6.23 Å². The van der Waals surface area contributed by atoms with Gasteiger partial charge in [0.25, 0.3) is 0 Å². The monoisotopic (exact) mass is 264 g/mol. The number of urea groups is 1. The summed E-state index contributed by atoms with van der Waals surface area (Å²) in [7, 11) is 0. The molecule has 1 aliphatic rings. The lowest BCUT2D eigenvalue weighted by Gasteiger charge is -2.40. The van der Waals surface area contributed by atoms with Crippen molar-refractivity contribution in [1.82, 2.24) is 10.2 Å². The van der Waals surface area contributed by atoms with Crippen LogP contribution in [0.15, 0.2) is 0 Å². The maximum absolute atomic E-state index is 11.3. The molecule has 0 aromatic carbocycles. The Morgan fingerprint density at radius 2 is 2.21 bits per heavy atom. The van der Waals surface area contributed by atoms with Crippen LogP contribution < -0.4 is 5.32 Å². The first-order valence-electron chi connectivity index (χ1n) is 4.40. The van der Waals surface area contributed by atoms with Crippen LogP contribution >= 0.6 is 15.9 Å². The van der Waals surface area contributed by atoms with Crippen molar-refractivity contribution in [3.63, 3.8) is 0 Å². The predicted molar refractivity (Wildman–Crippen MR) is 53.9 cm³/mol. The van der Waals surface area contributed by atoms with Gasteiger partial charge < -0.3 is 5.11 Å². The molecule has 1 rings (SSSR count). The first kappa shape index (κ1) is 11.5. The summed E-state index contributed by atoms with van der Waals surface area (Å²) >= 11 is 3.11. The fourth-order valence-corrected chi connectivity index (χ4v) is 1.62. The van der Waals surface area contributed by atoms with E-state index in [9.17, 15) is 14.7 Å². The number of alkyl halides is 1. The second-order valence-electron chi connectivity index (χ2n) is 3.40. The van der Waals surface area contributed by atoms with Crippen LogP contribution in [0.2, 0.25) is 0 Å². The normalized spacial score (nSPS) is 33.1. The third kappa shape index (κ3) is 1.76. The van der Waals surface area contributed by atoms with Crippen molar-refractivity contribution in [2.45, 2.75) is 30.8 Å². The van der Waals surface area contributed by atoms with Crippen LogP contribution in [0.25, 0.3) is 0 Å². The quantitative estimate of drug-likeness (QED) is 0.711. The van der Waals surface area contributed by atoms with Crippen LogP contribution in [0.4, 0.5) is 4.79 Å². The number of nitrogens with zero attached hydrogens (tertiary/aromatic N) is 1. The molecule has 6 heteroatoms. The van der Waals surface area contributed by atoms with Crippen LogP contribution in [0, 0.1) is 0 Å². The van der Waals surface area contributed by atoms with Gasteiger partial charge in [-0.2, -0.15) is 0 Å². The maximum atomic E-state index is 11.3. The highest BCUT2D eigenvalue weighted by Crippen LogP contribution is 2.28. The fraction of sp³-hybridized carbons (Fsp3) is 0.750. The van der Waals surface area contributed by atoms with Crippen molar-refractivity contribution < 1.29 is 14.7 Å². The number of rotatable bonds is 2. The van der Waals surface area contributed by atoms with Crippen LogP contribution in [0.3, 0.4) is 0 Å². The highest BCUT2D eigenvalue weighted by molar-refractivity contribution is 9.10. The number of hydrogen-bond acceptors (Lipinski definition) is 3. The number of aliphatic hydroxyl groups excluding tert-OH is 1. The number of carbonyl (C=O) groups excluding carboxylic acids is 2. The molecule has 0 spiro atoms. The van der Waals surface area contributed by atoms with Crippen molar-refractivity contribution in [3.8, 4) is 0 Å². The van der Waals surface area contributed by atoms with E-state index in [2.05, 4.69) is 21.2 Å². The summed E-state index contributed by atoms with van der Waals surface area (Å²) in [6.07, 6.45) is -0.398. The largest absolute Gasteiger partial charge is 0.371 e. The summed E-state index contributed by atoms with van der Waals surface area (Å²) in [6, 6.07) is -0.540. The zero-order chi connectivity index (χ0) is 10.9. The first-order chi connectivity index (χ1) is 6.41. The van der Waals surface area contributed by atoms with Gasteiger partial charge in [0.05, 0.1) is 0 Å². The van der Waals surface area contributed by atoms with Crippen LogP contribution in [-0.4, -0.2) is 39.0 Å². The minimum absolute atomic E-state index is 0.418. The average molecular weight is 265 g/mol. The number of imide groups is 1. The zero-order valence-corrected chi connectivity index (χ0v) is 9.67. The molecule has 2 unspecified atom stereocenters. The third-order valence-electron chi connectivity index (χ3n) is 2.17. The van der Waals surface area contributed by atoms with Crippen molar-refractivity contribution >= 4 is 27.9 Å². The lowest BCUT2D eigenvalue weighted by molar-refractivity contribution is -0.131.